The van der Waals surface area contributed by atoms with E-state index in [2.05, 4.69) is 0 Å². The molecule has 0 fully saturated rings. The van der Waals surface area contributed by atoms with Gasteiger partial charge < -0.3 is 9.84 Å². The average molecular weight is 321 g/mol. The van der Waals surface area contributed by atoms with E-state index in [9.17, 15) is 31.2 Å². The highest BCUT2D eigenvalue weighted by Gasteiger charge is 2.48. The number of rotatable bonds is 5. The Morgan fingerprint density at radius 1 is 1.25 bits per heavy atom. The number of carbonyl (C=O) groups is 2. The van der Waals surface area contributed by atoms with Crippen LogP contribution in [0.1, 0.15) is 27.2 Å². The standard InChI is InChI=1S/C9H14F3NO6S/c1-8(2,3)19-6(14)4-5(7(15)16)13-20(17,18)9(10,11)12/h5,13H,4H2,1-3H3,(H,15,16)/t5-/m0/s1. The molecule has 0 aliphatic carbocycles. The van der Waals surface area contributed by atoms with E-state index in [1.54, 1.807) is 0 Å². The number of hydrogen-bond donors (Lipinski definition) is 2. The number of esters is 1. The predicted molar refractivity (Wildman–Crippen MR) is 60.0 cm³/mol. The molecule has 0 aliphatic rings. The number of carbonyl (C=O) groups excluding carboxylic acids is 1. The second kappa shape index (κ2) is 5.95. The van der Waals surface area contributed by atoms with Gasteiger partial charge in [-0.3, -0.25) is 9.59 Å². The molecule has 7 nitrogen and oxygen atoms in total. The van der Waals surface area contributed by atoms with Gasteiger partial charge in [-0.2, -0.15) is 17.9 Å². The van der Waals surface area contributed by atoms with E-state index < -0.39 is 45.5 Å². The SMILES string of the molecule is CC(C)(C)OC(=O)C[C@H](NS(=O)(=O)C(F)(F)F)C(=O)O. The molecule has 0 aliphatic heterocycles. The van der Waals surface area contributed by atoms with Crippen molar-refractivity contribution in [2.75, 3.05) is 0 Å². The molecular formula is C9H14F3NO6S. The van der Waals surface area contributed by atoms with Crippen molar-refractivity contribution in [2.45, 2.75) is 44.3 Å². The van der Waals surface area contributed by atoms with Gasteiger partial charge in [0.1, 0.15) is 11.6 Å². The lowest BCUT2D eigenvalue weighted by Crippen LogP contribution is -2.47. The third kappa shape index (κ3) is 6.19. The maximum atomic E-state index is 12.1. The summed E-state index contributed by atoms with van der Waals surface area (Å²) in [5.74, 6) is -3.07. The summed E-state index contributed by atoms with van der Waals surface area (Å²) in [4.78, 5) is 22.0. The van der Waals surface area contributed by atoms with Gasteiger partial charge in [0.15, 0.2) is 0 Å². The molecule has 0 saturated carbocycles. The Morgan fingerprint density at radius 3 is 2.00 bits per heavy atom. The van der Waals surface area contributed by atoms with Gasteiger partial charge in [-0.15, -0.1) is 0 Å². The number of aliphatic carboxylic acids is 1. The van der Waals surface area contributed by atoms with Crippen molar-refractivity contribution in [1.29, 1.82) is 0 Å². The van der Waals surface area contributed by atoms with Crippen LogP contribution < -0.4 is 4.72 Å². The molecule has 118 valence electrons. The van der Waals surface area contributed by atoms with E-state index in [-0.39, 0.29) is 0 Å². The molecule has 0 saturated heterocycles. The van der Waals surface area contributed by atoms with Gasteiger partial charge in [0.2, 0.25) is 0 Å². The third-order valence-corrected chi connectivity index (χ3v) is 2.90. The lowest BCUT2D eigenvalue weighted by Gasteiger charge is -2.21. The Bertz CT molecular complexity index is 479. The van der Waals surface area contributed by atoms with E-state index >= 15 is 0 Å². The predicted octanol–water partition coefficient (Wildman–Crippen LogP) is 0.611. The fourth-order valence-corrected chi connectivity index (χ4v) is 1.68. The summed E-state index contributed by atoms with van der Waals surface area (Å²) in [7, 11) is -5.87. The minimum atomic E-state index is -5.87. The Morgan fingerprint density at radius 2 is 1.70 bits per heavy atom. The van der Waals surface area contributed by atoms with Gasteiger partial charge in [0.05, 0.1) is 6.42 Å². The number of alkyl halides is 3. The largest absolute Gasteiger partial charge is 0.511 e. The smallest absolute Gasteiger partial charge is 0.480 e. The fraction of sp³-hybridized carbons (Fsp3) is 0.778. The summed E-state index contributed by atoms with van der Waals surface area (Å²) in [6, 6.07) is -2.27. The molecule has 11 heteroatoms. The lowest BCUT2D eigenvalue weighted by molar-refractivity contribution is -0.158. The number of carboxylic acid groups (broad SMARTS) is 1. The molecule has 20 heavy (non-hydrogen) atoms. The highest BCUT2D eigenvalue weighted by molar-refractivity contribution is 7.90. The Balaban J connectivity index is 4.95. The summed E-state index contributed by atoms with van der Waals surface area (Å²) in [6.45, 7) is 4.38. The molecule has 0 spiro atoms. The van der Waals surface area contributed by atoms with Crippen LogP contribution in [0.25, 0.3) is 0 Å². The quantitative estimate of drug-likeness (QED) is 0.718. The molecule has 0 bridgehead atoms. The second-order valence-electron chi connectivity index (χ2n) is 4.75. The average Bonchev–Trinajstić information content (AvgIpc) is 2.10. The van der Waals surface area contributed by atoms with Crippen LogP contribution in [-0.2, 0) is 24.3 Å². The highest BCUT2D eigenvalue weighted by Crippen LogP contribution is 2.22. The van der Waals surface area contributed by atoms with Crippen molar-refractivity contribution in [1.82, 2.24) is 4.72 Å². The fourth-order valence-electron chi connectivity index (χ4n) is 0.983. The molecular weight excluding hydrogens is 307 g/mol. The molecule has 2 N–H and O–H groups in total. The summed E-state index contributed by atoms with van der Waals surface area (Å²) in [6.07, 6.45) is -1.07. The third-order valence-electron chi connectivity index (χ3n) is 1.69. The summed E-state index contributed by atoms with van der Waals surface area (Å²) >= 11 is 0. The topological polar surface area (TPSA) is 110 Å². The van der Waals surface area contributed by atoms with Crippen molar-refractivity contribution in [3.05, 3.63) is 0 Å². The Kier molecular flexibility index (Phi) is 5.55. The van der Waals surface area contributed by atoms with E-state index in [0.29, 0.717) is 0 Å². The number of nitrogens with one attached hydrogen (secondary N) is 1. The van der Waals surface area contributed by atoms with Crippen molar-refractivity contribution in [3.8, 4) is 0 Å². The molecule has 0 aromatic heterocycles. The minimum absolute atomic E-state index is 0.896. The molecule has 0 aromatic carbocycles. The first kappa shape index (κ1) is 18.6. The van der Waals surface area contributed by atoms with E-state index in [1.807, 2.05) is 0 Å². The molecule has 0 amide bonds. The van der Waals surface area contributed by atoms with Crippen molar-refractivity contribution in [3.63, 3.8) is 0 Å². The van der Waals surface area contributed by atoms with Crippen LogP contribution in [0.4, 0.5) is 13.2 Å². The van der Waals surface area contributed by atoms with Gasteiger partial charge in [-0.25, -0.2) is 8.42 Å². The summed E-state index contributed by atoms with van der Waals surface area (Å²) in [5.41, 5.74) is -6.66. The zero-order valence-electron chi connectivity index (χ0n) is 10.8. The summed E-state index contributed by atoms with van der Waals surface area (Å²) < 4.78 is 63.5. The van der Waals surface area contributed by atoms with Crippen molar-refractivity contribution >= 4 is 22.0 Å². The Hall–Kier alpha value is -1.36. The molecule has 1 atom stereocenters. The maximum absolute atomic E-state index is 12.1. The van der Waals surface area contributed by atoms with Gasteiger partial charge in [0, 0.05) is 0 Å². The van der Waals surface area contributed by atoms with Gasteiger partial charge >= 0.3 is 27.5 Å². The van der Waals surface area contributed by atoms with Gasteiger partial charge in [-0.1, -0.05) is 0 Å². The normalized spacial score (nSPS) is 14.7. The van der Waals surface area contributed by atoms with Crippen molar-refractivity contribution < 1.29 is 41.0 Å². The molecule has 0 heterocycles. The lowest BCUT2D eigenvalue weighted by atomic mass is 10.2. The molecule has 0 radical (unpaired) electrons. The van der Waals surface area contributed by atoms with Crippen molar-refractivity contribution in [2.24, 2.45) is 0 Å². The van der Waals surface area contributed by atoms with E-state index in [0.717, 1.165) is 4.72 Å². The first-order valence-corrected chi connectivity index (χ1v) is 6.67. The molecule has 0 rings (SSSR count). The highest BCUT2D eigenvalue weighted by atomic mass is 32.2. The van der Waals surface area contributed by atoms with E-state index in [1.165, 1.54) is 20.8 Å². The number of carboxylic acids is 1. The number of ether oxygens (including phenoxy) is 1. The second-order valence-corrected chi connectivity index (χ2v) is 6.45. The van der Waals surface area contributed by atoms with Crippen LogP contribution in [0.3, 0.4) is 0 Å². The zero-order valence-corrected chi connectivity index (χ0v) is 11.6. The van der Waals surface area contributed by atoms with Gasteiger partial charge in [0.25, 0.3) is 0 Å². The zero-order chi connectivity index (χ0) is 16.4. The van der Waals surface area contributed by atoms with Gasteiger partial charge in [-0.05, 0) is 20.8 Å². The number of hydrogen-bond acceptors (Lipinski definition) is 5. The number of halogens is 3. The number of sulfonamides is 1. The maximum Gasteiger partial charge on any atom is 0.511 e. The van der Waals surface area contributed by atoms with E-state index in [4.69, 9.17) is 9.84 Å². The van der Waals surface area contributed by atoms with Crippen LogP contribution in [0.5, 0.6) is 0 Å². The van der Waals surface area contributed by atoms with Crippen LogP contribution >= 0.6 is 0 Å². The van der Waals surface area contributed by atoms with Crippen LogP contribution in [0.2, 0.25) is 0 Å². The first-order valence-electron chi connectivity index (χ1n) is 5.19. The van der Waals surface area contributed by atoms with Crippen LogP contribution in [0.15, 0.2) is 0 Å². The monoisotopic (exact) mass is 321 g/mol. The summed E-state index contributed by atoms with van der Waals surface area (Å²) in [5, 5.41) is 8.65. The molecule has 0 aromatic rings. The minimum Gasteiger partial charge on any atom is -0.480 e. The first-order chi connectivity index (χ1) is 8.66. The van der Waals surface area contributed by atoms with Crippen LogP contribution in [0, 0.1) is 0 Å². The molecule has 0 unspecified atom stereocenters. The van der Waals surface area contributed by atoms with Crippen LogP contribution in [-0.4, -0.2) is 42.6 Å². The Labute approximate surface area is 113 Å².